The van der Waals surface area contributed by atoms with Gasteiger partial charge < -0.3 is 16.0 Å². The normalized spacial score (nSPS) is 20.8. The first kappa shape index (κ1) is 11.7. The summed E-state index contributed by atoms with van der Waals surface area (Å²) < 4.78 is 0. The minimum atomic E-state index is -0.348. The molecule has 17 heavy (non-hydrogen) atoms. The van der Waals surface area contributed by atoms with Crippen LogP contribution in [0.1, 0.15) is 12.8 Å². The molecule has 2 rings (SSSR count). The van der Waals surface area contributed by atoms with E-state index in [1.807, 2.05) is 11.9 Å². The molecule has 1 aliphatic heterocycles. The van der Waals surface area contributed by atoms with E-state index in [1.165, 1.54) is 0 Å². The van der Waals surface area contributed by atoms with Crippen LogP contribution in [0.25, 0.3) is 0 Å². The van der Waals surface area contributed by atoms with Crippen LogP contribution in [0.15, 0.2) is 4.99 Å². The SMILES string of the molecule is CN(C(N)=NCCN1C(=O)CNC1=O)C1CC1. The van der Waals surface area contributed by atoms with Crippen LogP contribution in [0.3, 0.4) is 0 Å². The van der Waals surface area contributed by atoms with Crippen molar-refractivity contribution >= 4 is 17.9 Å². The lowest BCUT2D eigenvalue weighted by molar-refractivity contribution is -0.124. The molecule has 3 amide bonds. The Morgan fingerprint density at radius 3 is 2.82 bits per heavy atom. The molecule has 0 radical (unpaired) electrons. The third-order valence-corrected chi connectivity index (χ3v) is 2.99. The molecule has 0 aromatic heterocycles. The molecule has 1 aliphatic carbocycles. The van der Waals surface area contributed by atoms with Crippen LogP contribution in [0.4, 0.5) is 4.79 Å². The van der Waals surface area contributed by atoms with E-state index in [2.05, 4.69) is 10.3 Å². The average molecular weight is 239 g/mol. The van der Waals surface area contributed by atoms with Gasteiger partial charge >= 0.3 is 6.03 Å². The Labute approximate surface area is 99.6 Å². The number of nitrogens with zero attached hydrogens (tertiary/aromatic N) is 3. The van der Waals surface area contributed by atoms with E-state index in [-0.39, 0.29) is 25.0 Å². The summed E-state index contributed by atoms with van der Waals surface area (Å²) in [6, 6.07) is 0.162. The highest BCUT2D eigenvalue weighted by Crippen LogP contribution is 2.24. The van der Waals surface area contributed by atoms with Crippen LogP contribution in [-0.2, 0) is 4.79 Å². The number of amides is 3. The fourth-order valence-corrected chi connectivity index (χ4v) is 1.71. The summed E-state index contributed by atoms with van der Waals surface area (Å²) in [5.41, 5.74) is 5.78. The van der Waals surface area contributed by atoms with E-state index >= 15 is 0 Å². The van der Waals surface area contributed by atoms with Crippen molar-refractivity contribution in [2.75, 3.05) is 26.7 Å². The quantitative estimate of drug-likeness (QED) is 0.372. The largest absolute Gasteiger partial charge is 0.370 e. The fourth-order valence-electron chi connectivity index (χ4n) is 1.71. The number of rotatable bonds is 4. The van der Waals surface area contributed by atoms with Crippen molar-refractivity contribution in [1.29, 1.82) is 0 Å². The maximum absolute atomic E-state index is 11.3. The van der Waals surface area contributed by atoms with Gasteiger partial charge in [0.1, 0.15) is 0 Å². The number of guanidine groups is 1. The van der Waals surface area contributed by atoms with E-state index in [1.54, 1.807) is 0 Å². The van der Waals surface area contributed by atoms with Crippen LogP contribution in [0.2, 0.25) is 0 Å². The molecule has 0 spiro atoms. The zero-order valence-electron chi connectivity index (χ0n) is 9.85. The molecule has 2 fully saturated rings. The lowest BCUT2D eigenvalue weighted by Gasteiger charge is -2.17. The minimum Gasteiger partial charge on any atom is -0.370 e. The summed E-state index contributed by atoms with van der Waals surface area (Å²) in [6.45, 7) is 0.714. The van der Waals surface area contributed by atoms with Gasteiger partial charge in [-0.1, -0.05) is 0 Å². The maximum atomic E-state index is 11.3. The average Bonchev–Trinajstić information content (AvgIpc) is 3.09. The molecule has 0 unspecified atom stereocenters. The van der Waals surface area contributed by atoms with Gasteiger partial charge in [-0.05, 0) is 12.8 Å². The van der Waals surface area contributed by atoms with E-state index in [9.17, 15) is 9.59 Å². The molecule has 0 bridgehead atoms. The second-order valence-corrected chi connectivity index (χ2v) is 4.29. The predicted molar refractivity (Wildman–Crippen MR) is 62.4 cm³/mol. The molecule has 2 aliphatic rings. The van der Waals surface area contributed by atoms with Crippen molar-refractivity contribution in [3.8, 4) is 0 Å². The van der Waals surface area contributed by atoms with Crippen LogP contribution >= 0.6 is 0 Å². The molecule has 0 atom stereocenters. The van der Waals surface area contributed by atoms with Crippen molar-refractivity contribution in [3.63, 3.8) is 0 Å². The number of nitrogens with one attached hydrogen (secondary N) is 1. The van der Waals surface area contributed by atoms with Gasteiger partial charge in [0.05, 0.1) is 19.6 Å². The Hall–Kier alpha value is -1.79. The molecule has 7 heteroatoms. The number of imide groups is 1. The van der Waals surface area contributed by atoms with Crippen LogP contribution in [-0.4, -0.2) is 60.4 Å². The van der Waals surface area contributed by atoms with E-state index < -0.39 is 0 Å². The highest BCUT2D eigenvalue weighted by molar-refractivity contribution is 6.01. The minimum absolute atomic E-state index is 0.0833. The molecule has 0 aromatic carbocycles. The fraction of sp³-hybridized carbons (Fsp3) is 0.700. The van der Waals surface area contributed by atoms with Crippen molar-refractivity contribution in [2.45, 2.75) is 18.9 Å². The molecule has 1 saturated carbocycles. The summed E-state index contributed by atoms with van der Waals surface area (Å²) in [5, 5.41) is 2.46. The summed E-state index contributed by atoms with van der Waals surface area (Å²) in [5.74, 6) is 0.263. The van der Waals surface area contributed by atoms with E-state index in [0.29, 0.717) is 18.5 Å². The van der Waals surface area contributed by atoms with Crippen molar-refractivity contribution < 1.29 is 9.59 Å². The smallest absolute Gasteiger partial charge is 0.324 e. The number of hydrogen-bond donors (Lipinski definition) is 2. The van der Waals surface area contributed by atoms with Gasteiger partial charge in [0.25, 0.3) is 0 Å². The van der Waals surface area contributed by atoms with Gasteiger partial charge in [0.15, 0.2) is 5.96 Å². The Kier molecular flexibility index (Phi) is 3.16. The first-order valence-corrected chi connectivity index (χ1v) is 5.70. The third-order valence-electron chi connectivity index (χ3n) is 2.99. The van der Waals surface area contributed by atoms with Crippen LogP contribution < -0.4 is 11.1 Å². The first-order valence-electron chi connectivity index (χ1n) is 5.70. The summed E-state index contributed by atoms with van der Waals surface area (Å²) >= 11 is 0. The topological polar surface area (TPSA) is 91.0 Å². The van der Waals surface area contributed by atoms with Crippen molar-refractivity contribution in [3.05, 3.63) is 0 Å². The predicted octanol–water partition coefficient (Wildman–Crippen LogP) is -1.05. The Bertz CT molecular complexity index is 348. The molecule has 3 N–H and O–H groups in total. The number of nitrogens with two attached hydrogens (primary N) is 1. The van der Waals surface area contributed by atoms with Crippen LogP contribution in [0.5, 0.6) is 0 Å². The lowest BCUT2D eigenvalue weighted by atomic mass is 10.5. The first-order chi connectivity index (χ1) is 8.09. The molecule has 0 aromatic rings. The van der Waals surface area contributed by atoms with Gasteiger partial charge in [-0.2, -0.15) is 0 Å². The van der Waals surface area contributed by atoms with Crippen molar-refractivity contribution in [2.24, 2.45) is 10.7 Å². The third kappa shape index (κ3) is 2.66. The molecular weight excluding hydrogens is 222 g/mol. The maximum Gasteiger partial charge on any atom is 0.324 e. The van der Waals surface area contributed by atoms with Gasteiger partial charge in [-0.15, -0.1) is 0 Å². The Morgan fingerprint density at radius 1 is 1.59 bits per heavy atom. The zero-order chi connectivity index (χ0) is 12.4. The highest BCUT2D eigenvalue weighted by atomic mass is 16.2. The Balaban J connectivity index is 1.79. The number of carbonyl (C=O) groups is 2. The Morgan fingerprint density at radius 2 is 2.29 bits per heavy atom. The summed E-state index contributed by atoms with van der Waals surface area (Å²) in [4.78, 5) is 29.7. The lowest BCUT2D eigenvalue weighted by Crippen LogP contribution is -2.37. The molecule has 7 nitrogen and oxygen atoms in total. The number of carbonyl (C=O) groups excluding carboxylic acids is 2. The van der Waals surface area contributed by atoms with Gasteiger partial charge in [-0.3, -0.25) is 14.7 Å². The summed E-state index contributed by atoms with van der Waals surface area (Å²) in [7, 11) is 1.91. The monoisotopic (exact) mass is 239 g/mol. The van der Waals surface area contributed by atoms with E-state index in [0.717, 1.165) is 17.7 Å². The van der Waals surface area contributed by atoms with Gasteiger partial charge in [0, 0.05) is 13.1 Å². The summed E-state index contributed by atoms with van der Waals surface area (Å²) in [6.07, 6.45) is 2.31. The van der Waals surface area contributed by atoms with E-state index in [4.69, 9.17) is 5.73 Å². The number of hydrogen-bond acceptors (Lipinski definition) is 3. The molecule has 1 heterocycles. The molecule has 94 valence electrons. The zero-order valence-corrected chi connectivity index (χ0v) is 9.85. The molecule has 1 saturated heterocycles. The second-order valence-electron chi connectivity index (χ2n) is 4.29. The number of aliphatic imine (C=N–C) groups is 1. The van der Waals surface area contributed by atoms with Gasteiger partial charge in [-0.25, -0.2) is 4.79 Å². The van der Waals surface area contributed by atoms with Crippen molar-refractivity contribution in [1.82, 2.24) is 15.1 Å². The second kappa shape index (κ2) is 4.60. The van der Waals surface area contributed by atoms with Crippen LogP contribution in [0, 0.1) is 0 Å². The van der Waals surface area contributed by atoms with Gasteiger partial charge in [0.2, 0.25) is 5.91 Å². The standard InChI is InChI=1S/C10H17N5O2/c1-14(7-2-3-7)9(11)12-4-5-15-8(16)6-13-10(15)17/h7H,2-6H2,1H3,(H2,11,12)(H,13,17). The highest BCUT2D eigenvalue weighted by Gasteiger charge is 2.29. The number of urea groups is 1. The molecular formula is C10H17N5O2.